The summed E-state index contributed by atoms with van der Waals surface area (Å²) in [6.45, 7) is 8.00. The number of carbonyl (C=O) groups is 1. The summed E-state index contributed by atoms with van der Waals surface area (Å²) in [5, 5.41) is 13.5. The molecule has 3 aromatic rings. The normalized spacial score (nSPS) is 11.4. The van der Waals surface area contributed by atoms with E-state index < -0.39 is 5.41 Å². The second kappa shape index (κ2) is 8.79. The van der Waals surface area contributed by atoms with Crippen LogP contribution < -0.4 is 5.32 Å². The van der Waals surface area contributed by atoms with E-state index in [9.17, 15) is 9.90 Å². The van der Waals surface area contributed by atoms with Crippen molar-refractivity contribution in [2.45, 2.75) is 40.7 Å². The molecule has 0 saturated carbocycles. The molecule has 1 aromatic heterocycles. The topological polar surface area (TPSA) is 88.0 Å². The van der Waals surface area contributed by atoms with Gasteiger partial charge in [-0.3, -0.25) is 4.79 Å². The molecular weight excluding hydrogens is 400 g/mol. The molecule has 2 aromatic carbocycles. The van der Waals surface area contributed by atoms with Gasteiger partial charge in [0.05, 0.1) is 5.02 Å². The van der Waals surface area contributed by atoms with Gasteiger partial charge in [0.1, 0.15) is 0 Å². The number of amides is 1. The van der Waals surface area contributed by atoms with Gasteiger partial charge < -0.3 is 10.4 Å². The Kier molecular flexibility index (Phi) is 6.37. The van der Waals surface area contributed by atoms with Crippen molar-refractivity contribution >= 4 is 17.5 Å². The first-order valence-corrected chi connectivity index (χ1v) is 10.2. The molecule has 3 rings (SSSR count). The van der Waals surface area contributed by atoms with Gasteiger partial charge in [-0.25, -0.2) is 4.98 Å². The smallest absolute Gasteiger partial charge is 0.318 e. The quantitative estimate of drug-likeness (QED) is 0.614. The molecule has 0 radical (unpaired) electrons. The predicted molar refractivity (Wildman–Crippen MR) is 118 cm³/mol. The van der Waals surface area contributed by atoms with Gasteiger partial charge in [-0.1, -0.05) is 63.6 Å². The minimum atomic E-state index is -0.475. The molecule has 2 N–H and O–H groups in total. The monoisotopic (exact) mass is 424 g/mol. The van der Waals surface area contributed by atoms with Gasteiger partial charge in [0.15, 0.2) is 11.6 Å². The van der Waals surface area contributed by atoms with E-state index in [2.05, 4.69) is 27.2 Å². The van der Waals surface area contributed by atoms with Gasteiger partial charge in [-0.2, -0.15) is 9.97 Å². The third-order valence-electron chi connectivity index (χ3n) is 4.62. The van der Waals surface area contributed by atoms with Crippen LogP contribution >= 0.6 is 11.6 Å². The molecule has 0 unspecified atom stereocenters. The Balaban J connectivity index is 1.95. The third kappa shape index (κ3) is 5.13. The van der Waals surface area contributed by atoms with Crippen molar-refractivity contribution in [2.24, 2.45) is 5.41 Å². The van der Waals surface area contributed by atoms with Crippen molar-refractivity contribution in [1.82, 2.24) is 20.3 Å². The zero-order valence-corrected chi connectivity index (χ0v) is 18.3. The Bertz CT molecular complexity index is 1080. The van der Waals surface area contributed by atoms with Crippen LogP contribution in [0.1, 0.15) is 38.8 Å². The molecule has 0 aliphatic heterocycles. The van der Waals surface area contributed by atoms with E-state index in [1.807, 2.05) is 57.2 Å². The number of carbonyl (C=O) groups excluding carboxylic acids is 1. The SMILES string of the molecule is CCc1cccc(-c2nc(O)nc(-c3cc(CNC(=O)C(C)(C)C)ccc3Cl)n2)c1. The van der Waals surface area contributed by atoms with Crippen LogP contribution in [0.15, 0.2) is 42.5 Å². The van der Waals surface area contributed by atoms with E-state index in [1.54, 1.807) is 6.07 Å². The Morgan fingerprint density at radius 1 is 1.03 bits per heavy atom. The highest BCUT2D eigenvalue weighted by molar-refractivity contribution is 6.33. The van der Waals surface area contributed by atoms with Crippen molar-refractivity contribution in [2.75, 3.05) is 0 Å². The highest BCUT2D eigenvalue weighted by Gasteiger charge is 2.21. The number of hydrogen-bond donors (Lipinski definition) is 2. The number of rotatable bonds is 5. The Labute approximate surface area is 181 Å². The van der Waals surface area contributed by atoms with Crippen molar-refractivity contribution in [3.05, 3.63) is 58.6 Å². The first-order chi connectivity index (χ1) is 14.2. The maximum absolute atomic E-state index is 12.2. The minimum absolute atomic E-state index is 0.0464. The van der Waals surface area contributed by atoms with Crippen molar-refractivity contribution in [3.8, 4) is 28.8 Å². The number of benzene rings is 2. The van der Waals surface area contributed by atoms with Crippen molar-refractivity contribution in [3.63, 3.8) is 0 Å². The molecule has 0 saturated heterocycles. The van der Waals surface area contributed by atoms with Gasteiger partial charge in [-0.05, 0) is 35.7 Å². The van der Waals surface area contributed by atoms with Crippen LogP contribution in [0.2, 0.25) is 5.02 Å². The lowest BCUT2D eigenvalue weighted by molar-refractivity contribution is -0.128. The molecule has 156 valence electrons. The third-order valence-corrected chi connectivity index (χ3v) is 4.95. The minimum Gasteiger partial charge on any atom is -0.479 e. The summed E-state index contributed by atoms with van der Waals surface area (Å²) in [5.74, 6) is 0.596. The van der Waals surface area contributed by atoms with Crippen molar-refractivity contribution < 1.29 is 9.90 Å². The van der Waals surface area contributed by atoms with Crippen LogP contribution in [0.4, 0.5) is 0 Å². The number of nitrogens with one attached hydrogen (secondary N) is 1. The van der Waals surface area contributed by atoms with E-state index in [4.69, 9.17) is 11.6 Å². The summed E-state index contributed by atoms with van der Waals surface area (Å²) in [4.78, 5) is 24.8. The fourth-order valence-corrected chi connectivity index (χ4v) is 3.05. The Hall–Kier alpha value is -2.99. The molecule has 0 fully saturated rings. The highest BCUT2D eigenvalue weighted by Crippen LogP contribution is 2.29. The summed E-state index contributed by atoms with van der Waals surface area (Å²) in [6.07, 6.45) is 0.881. The van der Waals surface area contributed by atoms with Gasteiger partial charge in [-0.15, -0.1) is 0 Å². The summed E-state index contributed by atoms with van der Waals surface area (Å²) in [7, 11) is 0. The first kappa shape index (κ1) is 21.7. The number of halogens is 1. The van der Waals surface area contributed by atoms with Gasteiger partial charge in [0.25, 0.3) is 0 Å². The Morgan fingerprint density at radius 2 is 1.77 bits per heavy atom. The largest absolute Gasteiger partial charge is 0.479 e. The lowest BCUT2D eigenvalue weighted by Gasteiger charge is -2.18. The van der Waals surface area contributed by atoms with E-state index in [-0.39, 0.29) is 17.7 Å². The van der Waals surface area contributed by atoms with Gasteiger partial charge in [0, 0.05) is 23.1 Å². The first-order valence-electron chi connectivity index (χ1n) is 9.79. The zero-order chi connectivity index (χ0) is 21.9. The van der Waals surface area contributed by atoms with Crippen LogP contribution in [0, 0.1) is 5.41 Å². The second-order valence-corrected chi connectivity index (χ2v) is 8.49. The summed E-state index contributed by atoms with van der Waals surface area (Å²) in [6, 6.07) is 12.8. The lowest BCUT2D eigenvalue weighted by Crippen LogP contribution is -2.34. The van der Waals surface area contributed by atoms with Crippen molar-refractivity contribution in [1.29, 1.82) is 0 Å². The summed E-state index contributed by atoms with van der Waals surface area (Å²) < 4.78 is 0. The molecule has 0 spiro atoms. The van der Waals surface area contributed by atoms with E-state index in [0.717, 1.165) is 23.1 Å². The zero-order valence-electron chi connectivity index (χ0n) is 17.5. The molecular formula is C23H25ClN4O2. The van der Waals surface area contributed by atoms with E-state index >= 15 is 0 Å². The maximum Gasteiger partial charge on any atom is 0.318 e. The standard InChI is InChI=1S/C23H25ClN4O2/c1-5-14-7-6-8-16(11-14)19-26-20(28-22(30)27-19)17-12-15(9-10-18(17)24)13-25-21(29)23(2,3)4/h6-12H,5,13H2,1-4H3,(H,25,29)(H,26,27,28,30). The molecule has 0 aliphatic rings. The molecule has 0 bridgehead atoms. The lowest BCUT2D eigenvalue weighted by atomic mass is 9.95. The van der Waals surface area contributed by atoms with Crippen LogP contribution in [-0.4, -0.2) is 26.0 Å². The highest BCUT2D eigenvalue weighted by atomic mass is 35.5. The summed E-state index contributed by atoms with van der Waals surface area (Å²) in [5.41, 5.74) is 2.87. The number of aryl methyl sites for hydroxylation is 1. The number of hydrogen-bond acceptors (Lipinski definition) is 5. The molecule has 0 aliphatic carbocycles. The molecule has 30 heavy (non-hydrogen) atoms. The van der Waals surface area contributed by atoms with Crippen LogP contribution in [-0.2, 0) is 17.8 Å². The van der Waals surface area contributed by atoms with E-state index in [1.165, 1.54) is 0 Å². The molecule has 0 atom stereocenters. The van der Waals surface area contributed by atoms with E-state index in [0.29, 0.717) is 23.0 Å². The van der Waals surface area contributed by atoms with Gasteiger partial charge in [0.2, 0.25) is 5.91 Å². The average molecular weight is 425 g/mol. The number of aromatic hydroxyl groups is 1. The van der Waals surface area contributed by atoms with Gasteiger partial charge >= 0.3 is 6.01 Å². The van der Waals surface area contributed by atoms with Crippen LogP contribution in [0.5, 0.6) is 6.01 Å². The molecule has 1 amide bonds. The predicted octanol–water partition coefficient (Wildman–Crippen LogP) is 4.79. The maximum atomic E-state index is 12.2. The fourth-order valence-electron chi connectivity index (χ4n) is 2.85. The second-order valence-electron chi connectivity index (χ2n) is 8.08. The average Bonchev–Trinajstić information content (AvgIpc) is 2.71. The van der Waals surface area contributed by atoms with Crippen LogP contribution in [0.3, 0.4) is 0 Å². The Morgan fingerprint density at radius 3 is 2.47 bits per heavy atom. The molecule has 6 nitrogen and oxygen atoms in total. The molecule has 1 heterocycles. The fraction of sp³-hybridized carbons (Fsp3) is 0.304. The number of aromatic nitrogens is 3. The number of nitrogens with zero attached hydrogens (tertiary/aromatic N) is 3. The van der Waals surface area contributed by atoms with Crippen LogP contribution in [0.25, 0.3) is 22.8 Å². The molecule has 7 heteroatoms. The summed E-state index contributed by atoms with van der Waals surface area (Å²) >= 11 is 6.40.